The maximum absolute atomic E-state index is 11.2. The molecule has 1 N–H and O–H groups in total. The van der Waals surface area contributed by atoms with Gasteiger partial charge in [0.1, 0.15) is 0 Å². The van der Waals surface area contributed by atoms with Crippen LogP contribution in [0.5, 0.6) is 0 Å². The van der Waals surface area contributed by atoms with Gasteiger partial charge in [-0.1, -0.05) is 44.7 Å². The molecule has 1 unspecified atom stereocenters. The van der Waals surface area contributed by atoms with Crippen molar-refractivity contribution in [2.45, 2.75) is 51.4 Å². The van der Waals surface area contributed by atoms with E-state index in [1.807, 2.05) is 12.1 Å². The van der Waals surface area contributed by atoms with E-state index >= 15 is 0 Å². The quantitative estimate of drug-likeness (QED) is 0.857. The van der Waals surface area contributed by atoms with E-state index in [0.29, 0.717) is 11.6 Å². The largest absolute Gasteiger partial charge is 0.284 e. The van der Waals surface area contributed by atoms with Crippen LogP contribution in [0.15, 0.2) is 24.3 Å². The zero-order valence-electron chi connectivity index (χ0n) is 12.4. The van der Waals surface area contributed by atoms with Gasteiger partial charge in [-0.05, 0) is 42.4 Å². The van der Waals surface area contributed by atoms with Gasteiger partial charge in [0.25, 0.3) is 0 Å². The van der Waals surface area contributed by atoms with E-state index in [4.69, 9.17) is 0 Å². The zero-order chi connectivity index (χ0) is 14.6. The number of sulfonamides is 1. The van der Waals surface area contributed by atoms with Gasteiger partial charge in [0.05, 0.1) is 6.26 Å². The first-order chi connectivity index (χ1) is 9.48. The molecular weight excluding hydrogens is 270 g/mol. The summed E-state index contributed by atoms with van der Waals surface area (Å²) in [7, 11) is -3.18. The van der Waals surface area contributed by atoms with Gasteiger partial charge in [-0.3, -0.25) is 4.72 Å². The molecule has 0 spiro atoms. The third-order valence-electron chi connectivity index (χ3n) is 4.27. The van der Waals surface area contributed by atoms with Crippen LogP contribution in [0.2, 0.25) is 0 Å². The lowest BCUT2D eigenvalue weighted by Gasteiger charge is -2.20. The van der Waals surface area contributed by atoms with Crippen LogP contribution in [-0.2, 0) is 10.0 Å². The molecule has 0 heterocycles. The zero-order valence-corrected chi connectivity index (χ0v) is 13.2. The Balaban J connectivity index is 2.02. The van der Waals surface area contributed by atoms with Crippen LogP contribution in [0.3, 0.4) is 0 Å². The second-order valence-electron chi connectivity index (χ2n) is 5.99. The molecule has 4 heteroatoms. The SMILES string of the molecule is CCC(CC1CCCC1)c1ccc(NS(C)(=O)=O)cc1. The van der Waals surface area contributed by atoms with Crippen molar-refractivity contribution in [3.05, 3.63) is 29.8 Å². The Morgan fingerprint density at radius 2 is 1.80 bits per heavy atom. The van der Waals surface area contributed by atoms with Crippen molar-refractivity contribution in [3.8, 4) is 0 Å². The first-order valence-electron chi connectivity index (χ1n) is 7.55. The van der Waals surface area contributed by atoms with Gasteiger partial charge in [0.15, 0.2) is 0 Å². The van der Waals surface area contributed by atoms with Gasteiger partial charge in [0, 0.05) is 5.69 Å². The maximum atomic E-state index is 11.2. The third kappa shape index (κ3) is 4.51. The number of benzene rings is 1. The van der Waals surface area contributed by atoms with Gasteiger partial charge in [0.2, 0.25) is 10.0 Å². The molecule has 0 amide bonds. The fourth-order valence-electron chi connectivity index (χ4n) is 3.22. The van der Waals surface area contributed by atoms with Crippen molar-refractivity contribution in [2.75, 3.05) is 11.0 Å². The fraction of sp³-hybridized carbons (Fsp3) is 0.625. The predicted molar refractivity (Wildman–Crippen MR) is 84.5 cm³/mol. The second kappa shape index (κ2) is 6.61. The van der Waals surface area contributed by atoms with Crippen LogP contribution in [0.25, 0.3) is 0 Å². The smallest absolute Gasteiger partial charge is 0.229 e. The lowest BCUT2D eigenvalue weighted by atomic mass is 9.86. The van der Waals surface area contributed by atoms with Crippen molar-refractivity contribution in [1.29, 1.82) is 0 Å². The topological polar surface area (TPSA) is 46.2 Å². The number of anilines is 1. The average Bonchev–Trinajstić information content (AvgIpc) is 2.88. The summed E-state index contributed by atoms with van der Waals surface area (Å²) in [6, 6.07) is 7.87. The Labute approximate surface area is 122 Å². The van der Waals surface area contributed by atoms with E-state index in [9.17, 15) is 8.42 Å². The highest BCUT2D eigenvalue weighted by atomic mass is 32.2. The highest BCUT2D eigenvalue weighted by Crippen LogP contribution is 2.35. The van der Waals surface area contributed by atoms with Gasteiger partial charge in [-0.2, -0.15) is 0 Å². The van der Waals surface area contributed by atoms with E-state index in [1.165, 1.54) is 43.9 Å². The fourth-order valence-corrected chi connectivity index (χ4v) is 3.79. The lowest BCUT2D eigenvalue weighted by Crippen LogP contribution is -2.10. The number of rotatable bonds is 6. The van der Waals surface area contributed by atoms with Crippen LogP contribution >= 0.6 is 0 Å². The normalized spacial score (nSPS) is 18.1. The first kappa shape index (κ1) is 15.4. The molecule has 1 aromatic carbocycles. The van der Waals surface area contributed by atoms with Gasteiger partial charge in [-0.15, -0.1) is 0 Å². The molecule has 20 heavy (non-hydrogen) atoms. The third-order valence-corrected chi connectivity index (χ3v) is 4.88. The number of nitrogens with one attached hydrogen (secondary N) is 1. The molecule has 0 aromatic heterocycles. The molecule has 1 fully saturated rings. The highest BCUT2D eigenvalue weighted by molar-refractivity contribution is 7.92. The van der Waals surface area contributed by atoms with Crippen LogP contribution < -0.4 is 4.72 Å². The highest BCUT2D eigenvalue weighted by Gasteiger charge is 2.20. The summed E-state index contributed by atoms with van der Waals surface area (Å²) >= 11 is 0. The summed E-state index contributed by atoms with van der Waals surface area (Å²) in [4.78, 5) is 0. The van der Waals surface area contributed by atoms with E-state index in [0.717, 1.165) is 12.3 Å². The Morgan fingerprint density at radius 1 is 1.20 bits per heavy atom. The van der Waals surface area contributed by atoms with Gasteiger partial charge < -0.3 is 0 Å². The molecule has 3 nitrogen and oxygen atoms in total. The predicted octanol–water partition coefficient (Wildman–Crippen LogP) is 4.13. The summed E-state index contributed by atoms with van der Waals surface area (Å²) in [6.45, 7) is 2.24. The van der Waals surface area contributed by atoms with E-state index in [1.54, 1.807) is 0 Å². The molecule has 1 aliphatic carbocycles. The molecule has 0 bridgehead atoms. The van der Waals surface area contributed by atoms with Crippen LogP contribution in [0.1, 0.15) is 56.9 Å². The molecular formula is C16H25NO2S. The van der Waals surface area contributed by atoms with Gasteiger partial charge in [-0.25, -0.2) is 8.42 Å². The Kier molecular flexibility index (Phi) is 5.08. The summed E-state index contributed by atoms with van der Waals surface area (Å²) < 4.78 is 24.9. The number of hydrogen-bond acceptors (Lipinski definition) is 2. The monoisotopic (exact) mass is 295 g/mol. The summed E-state index contributed by atoms with van der Waals surface area (Å²) in [6.07, 6.45) is 9.13. The molecule has 1 atom stereocenters. The van der Waals surface area contributed by atoms with E-state index in [2.05, 4.69) is 23.8 Å². The molecule has 1 saturated carbocycles. The molecule has 0 saturated heterocycles. The maximum Gasteiger partial charge on any atom is 0.229 e. The minimum atomic E-state index is -3.18. The molecule has 1 aromatic rings. The first-order valence-corrected chi connectivity index (χ1v) is 9.45. The van der Waals surface area contributed by atoms with Crippen molar-refractivity contribution in [3.63, 3.8) is 0 Å². The molecule has 1 aliphatic rings. The van der Waals surface area contributed by atoms with Crippen molar-refractivity contribution in [1.82, 2.24) is 0 Å². The van der Waals surface area contributed by atoms with Crippen LogP contribution in [-0.4, -0.2) is 14.7 Å². The molecule has 112 valence electrons. The summed E-state index contributed by atoms with van der Waals surface area (Å²) in [5.74, 6) is 1.49. The standard InChI is InChI=1S/C16H25NO2S/c1-3-14(12-13-6-4-5-7-13)15-8-10-16(11-9-15)17-20(2,18)19/h8-11,13-14,17H,3-7,12H2,1-2H3. The Hall–Kier alpha value is -1.03. The van der Waals surface area contributed by atoms with Crippen molar-refractivity contribution < 1.29 is 8.42 Å². The van der Waals surface area contributed by atoms with E-state index < -0.39 is 10.0 Å². The van der Waals surface area contributed by atoms with E-state index in [-0.39, 0.29) is 0 Å². The van der Waals surface area contributed by atoms with Crippen molar-refractivity contribution in [2.24, 2.45) is 5.92 Å². The summed E-state index contributed by atoms with van der Waals surface area (Å²) in [5, 5.41) is 0. The van der Waals surface area contributed by atoms with Crippen LogP contribution in [0, 0.1) is 5.92 Å². The van der Waals surface area contributed by atoms with Crippen molar-refractivity contribution >= 4 is 15.7 Å². The second-order valence-corrected chi connectivity index (χ2v) is 7.74. The summed E-state index contributed by atoms with van der Waals surface area (Å²) in [5.41, 5.74) is 1.98. The molecule has 0 aliphatic heterocycles. The molecule has 0 radical (unpaired) electrons. The Morgan fingerprint density at radius 3 is 2.30 bits per heavy atom. The van der Waals surface area contributed by atoms with Crippen LogP contribution in [0.4, 0.5) is 5.69 Å². The lowest BCUT2D eigenvalue weighted by molar-refractivity contribution is 0.437. The number of hydrogen-bond donors (Lipinski definition) is 1. The minimum absolute atomic E-state index is 0.602. The van der Waals surface area contributed by atoms with Gasteiger partial charge >= 0.3 is 0 Å². The Bertz CT molecular complexity index is 516. The average molecular weight is 295 g/mol. The molecule has 2 rings (SSSR count). The minimum Gasteiger partial charge on any atom is -0.284 e.